The van der Waals surface area contributed by atoms with Crippen molar-refractivity contribution in [1.82, 2.24) is 5.32 Å². The highest BCUT2D eigenvalue weighted by atomic mass is 35.5. The van der Waals surface area contributed by atoms with Gasteiger partial charge in [-0.3, -0.25) is 9.59 Å². The minimum atomic E-state index is -0.484. The van der Waals surface area contributed by atoms with Gasteiger partial charge in [-0.15, -0.1) is 23.2 Å². The van der Waals surface area contributed by atoms with Crippen molar-refractivity contribution in [3.63, 3.8) is 0 Å². The average molecular weight is 457 g/mol. The van der Waals surface area contributed by atoms with Crippen molar-refractivity contribution in [3.05, 3.63) is 22.7 Å². The van der Waals surface area contributed by atoms with Crippen molar-refractivity contribution in [3.8, 4) is 11.8 Å². The van der Waals surface area contributed by atoms with E-state index in [1.165, 1.54) is 20.1 Å². The summed E-state index contributed by atoms with van der Waals surface area (Å²) in [5, 5.41) is 2.86. The normalized spacial score (nSPS) is 12.9. The van der Waals surface area contributed by atoms with E-state index >= 15 is 0 Å². The average Bonchev–Trinajstić information content (AvgIpc) is 2.58. The van der Waals surface area contributed by atoms with Crippen LogP contribution in [0.4, 0.5) is 0 Å². The molecular formula is C19H25Cl4NO3. The molecule has 0 aromatic carbocycles. The molecule has 2 atom stereocenters. The summed E-state index contributed by atoms with van der Waals surface area (Å²) in [7, 11) is 1.33. The lowest BCUT2D eigenvalue weighted by Crippen LogP contribution is -2.43. The van der Waals surface area contributed by atoms with Gasteiger partial charge in [0.2, 0.25) is 5.91 Å². The fourth-order valence-electron chi connectivity index (χ4n) is 2.45. The van der Waals surface area contributed by atoms with Crippen LogP contribution in [0.5, 0.6) is 0 Å². The third-order valence-corrected chi connectivity index (χ3v) is 4.18. The molecule has 0 aliphatic carbocycles. The quantitative estimate of drug-likeness (QED) is 0.151. The van der Waals surface area contributed by atoms with E-state index in [-0.39, 0.29) is 22.4 Å². The van der Waals surface area contributed by atoms with Gasteiger partial charge >= 0.3 is 5.97 Å². The van der Waals surface area contributed by atoms with Crippen LogP contribution in [0.15, 0.2) is 22.7 Å². The summed E-state index contributed by atoms with van der Waals surface area (Å²) >= 11 is 22.3. The van der Waals surface area contributed by atoms with E-state index in [1.807, 2.05) is 12.2 Å². The fourth-order valence-corrected chi connectivity index (χ4v) is 2.76. The van der Waals surface area contributed by atoms with Crippen molar-refractivity contribution < 1.29 is 14.3 Å². The van der Waals surface area contributed by atoms with E-state index in [2.05, 4.69) is 17.2 Å². The Morgan fingerprint density at radius 3 is 2.44 bits per heavy atom. The number of rotatable bonds is 11. The Morgan fingerprint density at radius 2 is 1.89 bits per heavy atom. The van der Waals surface area contributed by atoms with Gasteiger partial charge in [-0.1, -0.05) is 47.2 Å². The second-order valence-electron chi connectivity index (χ2n) is 5.76. The predicted molar refractivity (Wildman–Crippen MR) is 113 cm³/mol. The number of carbonyl (C=O) groups excluding carboxylic acids is 2. The lowest BCUT2D eigenvalue weighted by Gasteiger charge is -2.25. The Hall–Kier alpha value is -0.860. The van der Waals surface area contributed by atoms with Gasteiger partial charge < -0.3 is 10.1 Å². The van der Waals surface area contributed by atoms with E-state index in [4.69, 9.17) is 51.1 Å². The van der Waals surface area contributed by atoms with Gasteiger partial charge in [-0.05, 0) is 32.1 Å². The fraction of sp³-hybridized carbons (Fsp3) is 0.579. The van der Waals surface area contributed by atoms with Crippen molar-refractivity contribution in [1.29, 1.82) is 0 Å². The number of nitrogens with one attached hydrogen (secondary N) is 1. The molecule has 0 spiro atoms. The van der Waals surface area contributed by atoms with Crippen LogP contribution in [0.2, 0.25) is 0 Å². The van der Waals surface area contributed by atoms with Gasteiger partial charge in [0, 0.05) is 25.5 Å². The molecule has 0 rings (SSSR count). The van der Waals surface area contributed by atoms with Gasteiger partial charge in [0.25, 0.3) is 0 Å². The third-order valence-electron chi connectivity index (χ3n) is 3.61. The molecule has 4 nitrogen and oxygen atoms in total. The summed E-state index contributed by atoms with van der Waals surface area (Å²) in [4.78, 5) is 23.3. The SMILES string of the molecule is COC(=O)[C@H](CCC#CC=C(Cl)Cl)[C@H](CCC/C=C/CC(Cl)Cl)NC(C)=O. The van der Waals surface area contributed by atoms with Crippen molar-refractivity contribution in [2.24, 2.45) is 5.92 Å². The van der Waals surface area contributed by atoms with E-state index in [1.54, 1.807) is 0 Å². The molecule has 0 fully saturated rings. The highest BCUT2D eigenvalue weighted by Crippen LogP contribution is 2.19. The first-order chi connectivity index (χ1) is 12.8. The summed E-state index contributed by atoms with van der Waals surface area (Å²) in [6.45, 7) is 1.43. The minimum absolute atomic E-state index is 0.0749. The topological polar surface area (TPSA) is 55.4 Å². The van der Waals surface area contributed by atoms with E-state index in [0.29, 0.717) is 25.7 Å². The molecule has 8 heteroatoms. The Kier molecular flexibility index (Phi) is 15.6. The van der Waals surface area contributed by atoms with Gasteiger partial charge in [0.05, 0.1) is 13.0 Å². The number of alkyl halides is 2. The number of carbonyl (C=O) groups is 2. The van der Waals surface area contributed by atoms with Crippen LogP contribution in [0.1, 0.15) is 45.4 Å². The first kappa shape index (κ1) is 26.1. The standard InChI is InChI=1S/C19H25Cl4NO3/c1-14(25)24-16(11-7-3-4-8-12-17(20)21)15(19(26)27-2)10-6-5-9-13-18(22)23/h4,8,13,15-17H,3,6-7,10-12H2,1-2H3,(H,24,25)/b8-4+/t15-,16+/m1/s1. The number of allylic oxidation sites excluding steroid dienone is 3. The van der Waals surface area contributed by atoms with Crippen LogP contribution in [-0.4, -0.2) is 29.9 Å². The smallest absolute Gasteiger partial charge is 0.310 e. The molecule has 0 aromatic rings. The summed E-state index contributed by atoms with van der Waals surface area (Å²) in [6, 6.07) is -0.328. The summed E-state index contributed by atoms with van der Waals surface area (Å²) in [5.74, 6) is 4.53. The van der Waals surface area contributed by atoms with E-state index in [0.717, 1.165) is 12.8 Å². The number of hydrogen-bond donors (Lipinski definition) is 1. The summed E-state index contributed by atoms with van der Waals surface area (Å²) < 4.78 is 4.98. The highest BCUT2D eigenvalue weighted by molar-refractivity contribution is 6.56. The van der Waals surface area contributed by atoms with Crippen molar-refractivity contribution >= 4 is 58.3 Å². The second-order valence-corrected chi connectivity index (χ2v) is 8.04. The maximum Gasteiger partial charge on any atom is 0.310 e. The van der Waals surface area contributed by atoms with E-state index < -0.39 is 10.8 Å². The molecule has 0 aromatic heterocycles. The Morgan fingerprint density at radius 1 is 1.19 bits per heavy atom. The Balaban J connectivity index is 4.86. The lowest BCUT2D eigenvalue weighted by atomic mass is 9.90. The Bertz CT molecular complexity index is 575. The molecule has 152 valence electrons. The molecule has 1 N–H and O–H groups in total. The maximum atomic E-state index is 12.2. The van der Waals surface area contributed by atoms with Crippen LogP contribution in [-0.2, 0) is 14.3 Å². The van der Waals surface area contributed by atoms with Crippen LogP contribution >= 0.6 is 46.4 Å². The van der Waals surface area contributed by atoms with Gasteiger partial charge in [-0.2, -0.15) is 0 Å². The van der Waals surface area contributed by atoms with Crippen LogP contribution in [0.25, 0.3) is 0 Å². The number of amides is 1. The van der Waals surface area contributed by atoms with E-state index in [9.17, 15) is 9.59 Å². The van der Waals surface area contributed by atoms with Crippen molar-refractivity contribution in [2.75, 3.05) is 7.11 Å². The minimum Gasteiger partial charge on any atom is -0.469 e. The zero-order chi connectivity index (χ0) is 20.7. The lowest BCUT2D eigenvalue weighted by molar-refractivity contribution is -0.147. The number of unbranched alkanes of at least 4 members (excludes halogenated alkanes) is 1. The molecule has 0 aliphatic rings. The van der Waals surface area contributed by atoms with Crippen LogP contribution in [0.3, 0.4) is 0 Å². The first-order valence-electron chi connectivity index (χ1n) is 8.55. The summed E-state index contributed by atoms with van der Waals surface area (Å²) in [6.07, 6.45) is 8.99. The predicted octanol–water partition coefficient (Wildman–Crippen LogP) is 5.30. The van der Waals surface area contributed by atoms with Crippen LogP contribution in [0, 0.1) is 17.8 Å². The molecule has 0 radical (unpaired) electrons. The number of ether oxygens (including phenoxy) is 1. The number of hydrogen-bond acceptors (Lipinski definition) is 3. The number of esters is 1. The molecule has 0 heterocycles. The first-order valence-corrected chi connectivity index (χ1v) is 10.2. The van der Waals surface area contributed by atoms with Gasteiger partial charge in [-0.25, -0.2) is 0 Å². The maximum absolute atomic E-state index is 12.2. The summed E-state index contributed by atoms with van der Waals surface area (Å²) in [5.41, 5.74) is 0. The molecular weight excluding hydrogens is 432 g/mol. The molecule has 0 unspecified atom stereocenters. The monoisotopic (exact) mass is 455 g/mol. The Labute approximate surface area is 181 Å². The van der Waals surface area contributed by atoms with Crippen LogP contribution < -0.4 is 5.32 Å². The molecule has 0 saturated carbocycles. The zero-order valence-corrected chi connectivity index (χ0v) is 18.5. The third kappa shape index (κ3) is 14.8. The molecule has 0 bridgehead atoms. The second kappa shape index (κ2) is 16.1. The van der Waals surface area contributed by atoms with Gasteiger partial charge in [0.1, 0.15) is 9.33 Å². The zero-order valence-electron chi connectivity index (χ0n) is 15.4. The largest absolute Gasteiger partial charge is 0.469 e. The molecule has 0 saturated heterocycles. The number of halogens is 4. The molecule has 1 amide bonds. The van der Waals surface area contributed by atoms with Crippen molar-refractivity contribution in [2.45, 2.75) is 56.3 Å². The van der Waals surface area contributed by atoms with Gasteiger partial charge in [0.15, 0.2) is 0 Å². The molecule has 27 heavy (non-hydrogen) atoms. The molecule has 0 aliphatic heterocycles. The highest BCUT2D eigenvalue weighted by Gasteiger charge is 2.28. The number of methoxy groups -OCH3 is 1.